The lowest BCUT2D eigenvalue weighted by Gasteiger charge is -2.28. The van der Waals surface area contributed by atoms with E-state index in [4.69, 9.17) is 16.3 Å². The van der Waals surface area contributed by atoms with Crippen LogP contribution in [0.3, 0.4) is 0 Å². The Kier molecular flexibility index (Phi) is 5.70. The molecule has 0 bridgehead atoms. The third-order valence-electron chi connectivity index (χ3n) is 4.34. The van der Waals surface area contributed by atoms with Crippen molar-refractivity contribution in [3.05, 3.63) is 83.2 Å². The van der Waals surface area contributed by atoms with Crippen molar-refractivity contribution in [2.75, 3.05) is 0 Å². The number of ether oxygens (including phenoxy) is 1. The highest BCUT2D eigenvalue weighted by molar-refractivity contribution is 6.30. The Morgan fingerprint density at radius 3 is 2.50 bits per heavy atom. The highest BCUT2D eigenvalue weighted by Gasteiger charge is 2.34. The number of nitrogens with zero attached hydrogens (tertiary/aromatic N) is 2. The second-order valence-electron chi connectivity index (χ2n) is 6.89. The van der Waals surface area contributed by atoms with E-state index in [0.717, 1.165) is 0 Å². The third-order valence-corrected chi connectivity index (χ3v) is 4.59. The lowest BCUT2D eigenvalue weighted by molar-refractivity contribution is -0.134. The molecule has 1 amide bonds. The fourth-order valence-electron chi connectivity index (χ4n) is 2.79. The summed E-state index contributed by atoms with van der Waals surface area (Å²) in [6.07, 6.45) is 3.34. The molecule has 1 unspecified atom stereocenters. The van der Waals surface area contributed by atoms with Crippen molar-refractivity contribution in [3.63, 3.8) is 0 Å². The number of nitrogens with one attached hydrogen (secondary N) is 1. The molecular weight excluding hydrogens is 381 g/mol. The first kappa shape index (κ1) is 19.9. The molecule has 0 aliphatic heterocycles. The Morgan fingerprint density at radius 2 is 1.89 bits per heavy atom. The Bertz CT molecular complexity index is 970. The normalized spacial score (nSPS) is 12.5. The molecule has 5 nitrogen and oxygen atoms in total. The minimum atomic E-state index is -1.21. The number of halogens is 2. The van der Waals surface area contributed by atoms with Crippen LogP contribution >= 0.6 is 11.6 Å². The van der Waals surface area contributed by atoms with Gasteiger partial charge in [-0.3, -0.25) is 4.79 Å². The molecular formula is C21H21ClFN3O2. The predicted molar refractivity (Wildman–Crippen MR) is 106 cm³/mol. The van der Waals surface area contributed by atoms with Gasteiger partial charge in [-0.15, -0.1) is 0 Å². The summed E-state index contributed by atoms with van der Waals surface area (Å²) in [5.74, 6) is 0.190. The zero-order chi connectivity index (χ0) is 20.3. The summed E-state index contributed by atoms with van der Waals surface area (Å²) < 4.78 is 22.0. The van der Waals surface area contributed by atoms with Gasteiger partial charge in [0, 0.05) is 30.0 Å². The van der Waals surface area contributed by atoms with Crippen LogP contribution in [0.4, 0.5) is 4.39 Å². The molecule has 0 fully saturated rings. The van der Waals surface area contributed by atoms with Crippen LogP contribution in [0.25, 0.3) is 0 Å². The van der Waals surface area contributed by atoms with Crippen molar-refractivity contribution in [1.29, 1.82) is 0 Å². The summed E-state index contributed by atoms with van der Waals surface area (Å²) in [5.41, 5.74) is -0.880. The van der Waals surface area contributed by atoms with E-state index in [2.05, 4.69) is 10.3 Å². The van der Waals surface area contributed by atoms with Crippen molar-refractivity contribution in [2.45, 2.75) is 25.5 Å². The van der Waals surface area contributed by atoms with E-state index in [-0.39, 0.29) is 0 Å². The van der Waals surface area contributed by atoms with Crippen LogP contribution in [0.15, 0.2) is 60.9 Å². The monoisotopic (exact) mass is 401 g/mol. The van der Waals surface area contributed by atoms with Crippen LogP contribution < -0.4 is 10.1 Å². The maximum Gasteiger partial charge on any atom is 0.264 e. The molecule has 0 aliphatic rings. The topological polar surface area (TPSA) is 56.2 Å². The van der Waals surface area contributed by atoms with Crippen LogP contribution in [-0.2, 0) is 11.8 Å². The molecule has 0 radical (unpaired) electrons. The number of imidazole rings is 1. The van der Waals surface area contributed by atoms with Crippen molar-refractivity contribution < 1.29 is 13.9 Å². The summed E-state index contributed by atoms with van der Waals surface area (Å²) in [7, 11) is 1.79. The van der Waals surface area contributed by atoms with E-state index in [0.29, 0.717) is 22.2 Å². The summed E-state index contributed by atoms with van der Waals surface area (Å²) in [5, 5.41) is 3.45. The number of carbonyl (C=O) groups excluding carboxylic acids is 1. The van der Waals surface area contributed by atoms with E-state index in [1.54, 1.807) is 80.3 Å². The lowest BCUT2D eigenvalue weighted by Crippen LogP contribution is -2.48. The maximum atomic E-state index is 14.5. The van der Waals surface area contributed by atoms with Gasteiger partial charge in [0.25, 0.3) is 5.91 Å². The minimum Gasteiger partial charge on any atom is -0.478 e. The predicted octanol–water partition coefficient (Wildman–Crippen LogP) is 4.28. The van der Waals surface area contributed by atoms with Gasteiger partial charge in [0.2, 0.25) is 0 Å². The lowest BCUT2D eigenvalue weighted by atomic mass is 10.0. The zero-order valence-electron chi connectivity index (χ0n) is 15.8. The molecule has 0 spiro atoms. The number of carbonyl (C=O) groups is 1. The van der Waals surface area contributed by atoms with Crippen molar-refractivity contribution >= 4 is 17.5 Å². The molecule has 1 heterocycles. The molecule has 0 saturated carbocycles. The number of aromatic nitrogens is 2. The Balaban J connectivity index is 1.87. The molecule has 0 aliphatic carbocycles. The van der Waals surface area contributed by atoms with Crippen LogP contribution in [-0.4, -0.2) is 21.1 Å². The number of benzene rings is 2. The van der Waals surface area contributed by atoms with Crippen LogP contribution in [0, 0.1) is 5.82 Å². The van der Waals surface area contributed by atoms with Gasteiger partial charge >= 0.3 is 0 Å². The Labute approximate surface area is 168 Å². The average Bonchev–Trinajstić information content (AvgIpc) is 3.07. The summed E-state index contributed by atoms with van der Waals surface area (Å²) in [6, 6.07) is 12.3. The summed E-state index contributed by atoms with van der Waals surface area (Å²) >= 11 is 5.89. The molecule has 1 aromatic heterocycles. The van der Waals surface area contributed by atoms with Crippen LogP contribution in [0.5, 0.6) is 5.75 Å². The molecule has 28 heavy (non-hydrogen) atoms. The average molecular weight is 402 g/mol. The molecule has 3 aromatic rings. The number of aryl methyl sites for hydroxylation is 1. The Hall–Kier alpha value is -2.86. The van der Waals surface area contributed by atoms with E-state index in [9.17, 15) is 9.18 Å². The molecule has 1 N–H and O–H groups in total. The van der Waals surface area contributed by atoms with Gasteiger partial charge in [0.05, 0.1) is 0 Å². The summed E-state index contributed by atoms with van der Waals surface area (Å²) in [6.45, 7) is 3.29. The van der Waals surface area contributed by atoms with Gasteiger partial charge in [0.1, 0.15) is 23.4 Å². The number of hydrogen-bond acceptors (Lipinski definition) is 3. The molecule has 146 valence electrons. The van der Waals surface area contributed by atoms with E-state index < -0.39 is 23.4 Å². The van der Waals surface area contributed by atoms with E-state index in [1.807, 2.05) is 0 Å². The third kappa shape index (κ3) is 4.34. The van der Waals surface area contributed by atoms with E-state index >= 15 is 0 Å². The maximum absolute atomic E-state index is 14.5. The fourth-order valence-corrected chi connectivity index (χ4v) is 2.92. The molecule has 1 atom stereocenters. The highest BCUT2D eigenvalue weighted by Crippen LogP contribution is 2.26. The molecule has 7 heteroatoms. The van der Waals surface area contributed by atoms with Gasteiger partial charge in [-0.25, -0.2) is 9.37 Å². The van der Waals surface area contributed by atoms with Crippen molar-refractivity contribution in [1.82, 2.24) is 14.9 Å². The van der Waals surface area contributed by atoms with Gasteiger partial charge < -0.3 is 14.6 Å². The van der Waals surface area contributed by atoms with Crippen LogP contribution in [0.1, 0.15) is 31.3 Å². The first-order valence-electron chi connectivity index (χ1n) is 8.75. The SMILES string of the molecule is Cn1ccnc1C(NC(=O)C(C)(C)Oc1ccc(Cl)cc1)c1ccccc1F. The van der Waals surface area contributed by atoms with Gasteiger partial charge in [-0.1, -0.05) is 29.8 Å². The summed E-state index contributed by atoms with van der Waals surface area (Å²) in [4.78, 5) is 17.3. The second kappa shape index (κ2) is 8.02. The van der Waals surface area contributed by atoms with Crippen LogP contribution in [0.2, 0.25) is 5.02 Å². The number of hydrogen-bond donors (Lipinski definition) is 1. The number of rotatable bonds is 6. The smallest absolute Gasteiger partial charge is 0.264 e. The second-order valence-corrected chi connectivity index (χ2v) is 7.33. The highest BCUT2D eigenvalue weighted by atomic mass is 35.5. The molecule has 2 aromatic carbocycles. The van der Waals surface area contributed by atoms with Crippen molar-refractivity contribution in [2.24, 2.45) is 7.05 Å². The molecule has 3 rings (SSSR count). The van der Waals surface area contributed by atoms with Gasteiger partial charge in [-0.2, -0.15) is 0 Å². The van der Waals surface area contributed by atoms with Gasteiger partial charge in [0.15, 0.2) is 5.60 Å². The Morgan fingerprint density at radius 1 is 1.21 bits per heavy atom. The quantitative estimate of drug-likeness (QED) is 0.670. The number of amides is 1. The largest absolute Gasteiger partial charge is 0.478 e. The van der Waals surface area contributed by atoms with Gasteiger partial charge in [-0.05, 0) is 44.2 Å². The molecule has 0 saturated heterocycles. The van der Waals surface area contributed by atoms with Crippen molar-refractivity contribution in [3.8, 4) is 5.75 Å². The first-order chi connectivity index (χ1) is 13.3. The zero-order valence-corrected chi connectivity index (χ0v) is 16.6. The standard InChI is InChI=1S/C21H21ClFN3O2/c1-21(2,28-15-10-8-14(22)9-11-15)20(27)25-18(19-24-12-13-26(19)3)16-6-4-5-7-17(16)23/h4-13,18H,1-3H3,(H,25,27). The minimum absolute atomic E-state index is 0.326. The fraction of sp³-hybridized carbons (Fsp3) is 0.238. The van der Waals surface area contributed by atoms with E-state index in [1.165, 1.54) is 6.07 Å². The first-order valence-corrected chi connectivity index (χ1v) is 9.13.